The molecule has 0 aromatic heterocycles. The van der Waals surface area contributed by atoms with Crippen LogP contribution in [0.4, 0.5) is 20.6 Å². The first-order valence-electron chi connectivity index (χ1n) is 7.12. The number of carbonyl (C=O) groups excluding carboxylic acids is 2. The molecule has 2 rings (SSSR count). The summed E-state index contributed by atoms with van der Waals surface area (Å²) in [6.07, 6.45) is 0. The maximum absolute atomic E-state index is 13.3. The fraction of sp³-hybridized carbons (Fsp3) is 0.125. The fourth-order valence-corrected chi connectivity index (χ4v) is 2.58. The smallest absolute Gasteiger partial charge is 0.323 e. The summed E-state index contributed by atoms with van der Waals surface area (Å²) >= 11 is 9.00. The average Bonchev–Trinajstić information content (AvgIpc) is 2.51. The van der Waals surface area contributed by atoms with E-state index in [1.807, 2.05) is 0 Å². The highest BCUT2D eigenvalue weighted by Crippen LogP contribution is 2.23. The van der Waals surface area contributed by atoms with Gasteiger partial charge in [-0.05, 0) is 36.4 Å². The van der Waals surface area contributed by atoms with Gasteiger partial charge in [0, 0.05) is 21.7 Å². The van der Waals surface area contributed by atoms with Crippen molar-refractivity contribution in [3.63, 3.8) is 0 Å². The van der Waals surface area contributed by atoms with E-state index in [2.05, 4.69) is 31.9 Å². The van der Waals surface area contributed by atoms with Crippen LogP contribution in [0.25, 0.3) is 0 Å². The van der Waals surface area contributed by atoms with Gasteiger partial charge in [0.05, 0.1) is 17.9 Å². The van der Waals surface area contributed by atoms with Gasteiger partial charge in [0.25, 0.3) is 5.91 Å². The number of rotatable bonds is 5. The maximum Gasteiger partial charge on any atom is 0.323 e. The lowest BCUT2D eigenvalue weighted by Crippen LogP contribution is -2.28. The first kappa shape index (κ1) is 19.2. The Morgan fingerprint density at radius 3 is 2.60 bits per heavy atom. The Labute approximate surface area is 156 Å². The van der Waals surface area contributed by atoms with E-state index >= 15 is 0 Å². The molecule has 0 heterocycles. The monoisotopic (exact) mass is 429 g/mol. The van der Waals surface area contributed by atoms with Gasteiger partial charge in [-0.2, -0.15) is 0 Å². The molecule has 0 saturated heterocycles. The molecule has 0 aliphatic rings. The highest BCUT2D eigenvalue weighted by molar-refractivity contribution is 9.10. The number of benzene rings is 2. The summed E-state index contributed by atoms with van der Waals surface area (Å²) in [5, 5.41) is 16.4. The van der Waals surface area contributed by atoms with E-state index in [1.165, 1.54) is 12.1 Å². The van der Waals surface area contributed by atoms with Gasteiger partial charge < -0.3 is 21.1 Å². The molecule has 4 N–H and O–H groups in total. The van der Waals surface area contributed by atoms with Crippen LogP contribution in [-0.2, 0) is 0 Å². The summed E-state index contributed by atoms with van der Waals surface area (Å²) in [4.78, 5) is 24.2. The molecular weight excluding hydrogens is 417 g/mol. The van der Waals surface area contributed by atoms with Crippen LogP contribution >= 0.6 is 27.5 Å². The highest BCUT2D eigenvalue weighted by Gasteiger charge is 2.14. The number of aliphatic hydroxyl groups excluding tert-OH is 1. The van der Waals surface area contributed by atoms with Crippen LogP contribution in [-0.4, -0.2) is 30.2 Å². The van der Waals surface area contributed by atoms with E-state index in [9.17, 15) is 14.0 Å². The molecule has 0 radical (unpaired) electrons. The number of hydrogen-bond donors (Lipinski definition) is 4. The summed E-state index contributed by atoms with van der Waals surface area (Å²) in [5.41, 5.74) is 0.623. The molecule has 0 spiro atoms. The quantitative estimate of drug-likeness (QED) is 0.584. The molecule has 0 atom stereocenters. The Balaban J connectivity index is 2.16. The van der Waals surface area contributed by atoms with Crippen molar-refractivity contribution >= 4 is 50.8 Å². The van der Waals surface area contributed by atoms with E-state index < -0.39 is 17.8 Å². The lowest BCUT2D eigenvalue weighted by atomic mass is 10.1. The summed E-state index contributed by atoms with van der Waals surface area (Å²) in [6, 6.07) is 7.65. The second-order valence-corrected chi connectivity index (χ2v) is 6.26. The first-order chi connectivity index (χ1) is 11.9. The second kappa shape index (κ2) is 8.80. The number of anilines is 2. The number of halogens is 3. The number of hydrogen-bond acceptors (Lipinski definition) is 3. The Morgan fingerprint density at radius 2 is 1.92 bits per heavy atom. The van der Waals surface area contributed by atoms with E-state index in [-0.39, 0.29) is 35.1 Å². The minimum Gasteiger partial charge on any atom is -0.395 e. The van der Waals surface area contributed by atoms with Crippen molar-refractivity contribution in [2.45, 2.75) is 0 Å². The standard InChI is InChI=1S/C16H14BrClFN3O3/c17-9-1-2-13(15(24)20-3-4-23)14(5-9)22-16(25)21-12-7-10(18)6-11(19)8-12/h1-2,5-8,23H,3-4H2,(H,20,24)(H2,21,22,25). The topological polar surface area (TPSA) is 90.5 Å². The third-order valence-electron chi connectivity index (χ3n) is 2.99. The highest BCUT2D eigenvalue weighted by atomic mass is 79.9. The lowest BCUT2D eigenvalue weighted by Gasteiger charge is -2.13. The Hall–Kier alpha value is -2.16. The molecule has 9 heteroatoms. The van der Waals surface area contributed by atoms with Gasteiger partial charge in [0.15, 0.2) is 0 Å². The lowest BCUT2D eigenvalue weighted by molar-refractivity contribution is 0.0945. The van der Waals surface area contributed by atoms with Crippen LogP contribution in [0.5, 0.6) is 0 Å². The number of nitrogens with one attached hydrogen (secondary N) is 3. The van der Waals surface area contributed by atoms with E-state index in [0.29, 0.717) is 4.47 Å². The normalized spacial score (nSPS) is 10.2. The summed E-state index contributed by atoms with van der Waals surface area (Å²) in [6.45, 7) is -0.117. The van der Waals surface area contributed by atoms with Crippen molar-refractivity contribution in [3.05, 3.63) is 57.3 Å². The van der Waals surface area contributed by atoms with Crippen molar-refractivity contribution in [2.75, 3.05) is 23.8 Å². The van der Waals surface area contributed by atoms with Crippen LogP contribution in [0, 0.1) is 5.82 Å². The zero-order valence-corrected chi connectivity index (χ0v) is 15.1. The molecule has 132 valence electrons. The van der Waals surface area contributed by atoms with Crippen LogP contribution < -0.4 is 16.0 Å². The summed E-state index contributed by atoms with van der Waals surface area (Å²) in [7, 11) is 0. The van der Waals surface area contributed by atoms with Crippen molar-refractivity contribution < 1.29 is 19.1 Å². The van der Waals surface area contributed by atoms with E-state index in [4.69, 9.17) is 16.7 Å². The molecule has 0 aliphatic carbocycles. The van der Waals surface area contributed by atoms with Crippen molar-refractivity contribution in [1.82, 2.24) is 5.32 Å². The molecule has 6 nitrogen and oxygen atoms in total. The van der Waals surface area contributed by atoms with Crippen LogP contribution in [0.2, 0.25) is 5.02 Å². The zero-order valence-electron chi connectivity index (χ0n) is 12.8. The Kier molecular flexibility index (Phi) is 6.74. The molecular formula is C16H14BrClFN3O3. The number of amides is 3. The van der Waals surface area contributed by atoms with Crippen LogP contribution in [0.3, 0.4) is 0 Å². The molecule has 3 amide bonds. The van der Waals surface area contributed by atoms with Gasteiger partial charge in [-0.15, -0.1) is 0 Å². The third-order valence-corrected chi connectivity index (χ3v) is 3.70. The molecule has 0 aliphatic heterocycles. The van der Waals surface area contributed by atoms with Gasteiger partial charge in [0.1, 0.15) is 5.82 Å². The molecule has 0 fully saturated rings. The van der Waals surface area contributed by atoms with Crippen LogP contribution in [0.15, 0.2) is 40.9 Å². The average molecular weight is 431 g/mol. The minimum atomic E-state index is -0.670. The Bertz CT molecular complexity index is 784. The first-order valence-corrected chi connectivity index (χ1v) is 8.29. The number of carbonyl (C=O) groups is 2. The van der Waals surface area contributed by atoms with Crippen molar-refractivity contribution in [3.8, 4) is 0 Å². The number of urea groups is 1. The van der Waals surface area contributed by atoms with Gasteiger partial charge in [-0.1, -0.05) is 27.5 Å². The molecule has 25 heavy (non-hydrogen) atoms. The molecule has 0 saturated carbocycles. The Morgan fingerprint density at radius 1 is 1.16 bits per heavy atom. The second-order valence-electron chi connectivity index (χ2n) is 4.91. The van der Waals surface area contributed by atoms with E-state index in [0.717, 1.165) is 12.1 Å². The van der Waals surface area contributed by atoms with E-state index in [1.54, 1.807) is 12.1 Å². The van der Waals surface area contributed by atoms with Gasteiger partial charge in [-0.3, -0.25) is 4.79 Å². The fourth-order valence-electron chi connectivity index (χ4n) is 1.99. The predicted octanol–water partition coefficient (Wildman–Crippen LogP) is 3.61. The van der Waals surface area contributed by atoms with Gasteiger partial charge in [0.2, 0.25) is 0 Å². The maximum atomic E-state index is 13.3. The van der Waals surface area contributed by atoms with Crippen LogP contribution in [0.1, 0.15) is 10.4 Å². The largest absolute Gasteiger partial charge is 0.395 e. The van der Waals surface area contributed by atoms with Gasteiger partial charge in [-0.25, -0.2) is 9.18 Å². The molecule has 2 aromatic carbocycles. The third kappa shape index (κ3) is 5.70. The minimum absolute atomic E-state index is 0.0856. The molecule has 0 unspecified atom stereocenters. The zero-order chi connectivity index (χ0) is 18.4. The predicted molar refractivity (Wildman–Crippen MR) is 97.6 cm³/mol. The SMILES string of the molecule is O=C(Nc1cc(F)cc(Cl)c1)Nc1cc(Br)ccc1C(=O)NCCO. The number of aliphatic hydroxyl groups is 1. The van der Waals surface area contributed by atoms with Crippen molar-refractivity contribution in [2.24, 2.45) is 0 Å². The van der Waals surface area contributed by atoms with Crippen molar-refractivity contribution in [1.29, 1.82) is 0 Å². The summed E-state index contributed by atoms with van der Waals surface area (Å²) < 4.78 is 14.0. The molecule has 2 aromatic rings. The molecule has 0 bridgehead atoms. The van der Waals surface area contributed by atoms with Gasteiger partial charge >= 0.3 is 6.03 Å². The summed E-state index contributed by atoms with van der Waals surface area (Å²) in [5.74, 6) is -1.04.